The number of aromatic nitrogens is 2. The zero-order valence-corrected chi connectivity index (χ0v) is 15.0. The lowest BCUT2D eigenvalue weighted by Crippen LogP contribution is -2.59. The number of hydrogen-bond acceptors (Lipinski definition) is 4. The Morgan fingerprint density at radius 2 is 1.73 bits per heavy atom. The number of carbonyl (C=O) groups is 2. The van der Waals surface area contributed by atoms with Gasteiger partial charge in [-0.1, -0.05) is 41.9 Å². The van der Waals surface area contributed by atoms with E-state index in [1.54, 1.807) is 17.0 Å². The average molecular weight is 371 g/mol. The smallest absolute Gasteiger partial charge is 0.312 e. The minimum Gasteiger partial charge on any atom is -0.330 e. The van der Waals surface area contributed by atoms with Crippen molar-refractivity contribution in [1.82, 2.24) is 20.0 Å². The quantitative estimate of drug-likeness (QED) is 0.774. The van der Waals surface area contributed by atoms with Gasteiger partial charge in [-0.2, -0.15) is 5.10 Å². The van der Waals surface area contributed by atoms with Crippen molar-refractivity contribution >= 4 is 23.4 Å². The fourth-order valence-electron chi connectivity index (χ4n) is 3.65. The van der Waals surface area contributed by atoms with Crippen LogP contribution in [0.25, 0.3) is 0 Å². The Bertz CT molecular complexity index is 806. The van der Waals surface area contributed by atoms with Crippen LogP contribution in [0.2, 0.25) is 5.15 Å². The molecule has 1 aliphatic heterocycles. The number of benzene rings is 1. The summed E-state index contributed by atoms with van der Waals surface area (Å²) in [4.78, 5) is 28.3. The lowest BCUT2D eigenvalue weighted by molar-refractivity contribution is -0.159. The highest BCUT2D eigenvalue weighted by atomic mass is 35.5. The highest BCUT2D eigenvalue weighted by Crippen LogP contribution is 2.40. The van der Waals surface area contributed by atoms with E-state index in [2.05, 4.69) is 22.3 Å². The Labute approximate surface area is 156 Å². The van der Waals surface area contributed by atoms with Crippen LogP contribution in [0, 0.1) is 0 Å². The molecule has 2 fully saturated rings. The van der Waals surface area contributed by atoms with Crippen LogP contribution in [-0.4, -0.2) is 50.9 Å². The minimum atomic E-state index is -0.462. The fourth-order valence-corrected chi connectivity index (χ4v) is 3.75. The second-order valence-electron chi connectivity index (χ2n) is 6.81. The molecule has 2 aromatic rings. The molecule has 0 atom stereocenters. The maximum Gasteiger partial charge on any atom is 0.312 e. The van der Waals surface area contributed by atoms with Crippen molar-refractivity contribution in [3.05, 3.63) is 58.9 Å². The predicted molar refractivity (Wildman–Crippen MR) is 96.4 cm³/mol. The van der Waals surface area contributed by atoms with Crippen molar-refractivity contribution < 1.29 is 9.59 Å². The largest absolute Gasteiger partial charge is 0.330 e. The first kappa shape index (κ1) is 17.0. The molecular weight excluding hydrogens is 352 g/mol. The van der Waals surface area contributed by atoms with Gasteiger partial charge in [0.2, 0.25) is 0 Å². The number of carbonyl (C=O) groups excluding carboxylic acids is 2. The third-order valence-corrected chi connectivity index (χ3v) is 5.41. The van der Waals surface area contributed by atoms with Gasteiger partial charge in [0.25, 0.3) is 0 Å². The van der Waals surface area contributed by atoms with Gasteiger partial charge in [0.1, 0.15) is 0 Å². The van der Waals surface area contributed by atoms with Crippen molar-refractivity contribution in [3.8, 4) is 0 Å². The molecule has 1 aromatic carbocycles. The maximum atomic E-state index is 12.5. The summed E-state index contributed by atoms with van der Waals surface area (Å²) in [7, 11) is 0. The number of hydrogen-bond donors (Lipinski definition) is 0. The van der Waals surface area contributed by atoms with Crippen molar-refractivity contribution in [2.75, 3.05) is 13.1 Å². The topological polar surface area (TPSA) is 66.4 Å². The van der Waals surface area contributed by atoms with Crippen molar-refractivity contribution in [1.29, 1.82) is 0 Å². The summed E-state index contributed by atoms with van der Waals surface area (Å²) < 4.78 is 0. The van der Waals surface area contributed by atoms with Crippen molar-refractivity contribution in [2.24, 2.45) is 0 Å². The first-order valence-electron chi connectivity index (χ1n) is 8.75. The highest BCUT2D eigenvalue weighted by Gasteiger charge is 2.42. The van der Waals surface area contributed by atoms with Gasteiger partial charge < -0.3 is 9.80 Å². The van der Waals surface area contributed by atoms with Crippen molar-refractivity contribution in [3.63, 3.8) is 0 Å². The van der Waals surface area contributed by atoms with E-state index in [-0.39, 0.29) is 12.6 Å². The van der Waals surface area contributed by atoms with Gasteiger partial charge in [0.15, 0.2) is 5.15 Å². The summed E-state index contributed by atoms with van der Waals surface area (Å²) >= 11 is 5.72. The number of rotatable bonds is 4. The zero-order valence-electron chi connectivity index (χ0n) is 14.2. The zero-order chi connectivity index (χ0) is 18.1. The van der Waals surface area contributed by atoms with Crippen LogP contribution in [-0.2, 0) is 16.1 Å². The Morgan fingerprint density at radius 3 is 2.42 bits per heavy atom. The molecule has 26 heavy (non-hydrogen) atoms. The Balaban J connectivity index is 1.35. The van der Waals surface area contributed by atoms with E-state index in [9.17, 15) is 9.59 Å². The normalized spacial score (nSPS) is 23.1. The monoisotopic (exact) mass is 370 g/mol. The first-order valence-corrected chi connectivity index (χ1v) is 9.12. The predicted octanol–water partition coefficient (Wildman–Crippen LogP) is 2.25. The molecular formula is C19H19ClN4O2. The molecule has 2 heterocycles. The van der Waals surface area contributed by atoms with Crippen LogP contribution < -0.4 is 0 Å². The lowest BCUT2D eigenvalue weighted by atomic mass is 9.75. The van der Waals surface area contributed by atoms with E-state index in [0.717, 1.165) is 12.8 Å². The van der Waals surface area contributed by atoms with E-state index in [4.69, 9.17) is 11.6 Å². The summed E-state index contributed by atoms with van der Waals surface area (Å²) in [6, 6.07) is 13.8. The highest BCUT2D eigenvalue weighted by molar-refractivity contribution is 6.35. The van der Waals surface area contributed by atoms with E-state index in [0.29, 0.717) is 29.9 Å². The molecule has 1 aliphatic carbocycles. The second kappa shape index (κ2) is 7.03. The summed E-state index contributed by atoms with van der Waals surface area (Å²) in [5, 5.41) is 8.03. The van der Waals surface area contributed by atoms with E-state index < -0.39 is 11.8 Å². The van der Waals surface area contributed by atoms with Gasteiger partial charge in [0.05, 0.1) is 12.2 Å². The molecule has 0 N–H and O–H groups in total. The molecule has 1 saturated carbocycles. The fraction of sp³-hybridized carbons (Fsp3) is 0.368. The summed E-state index contributed by atoms with van der Waals surface area (Å²) in [6.07, 6.45) is 1.84. The van der Waals surface area contributed by atoms with Gasteiger partial charge in [-0.25, -0.2) is 0 Å². The molecule has 4 rings (SSSR count). The van der Waals surface area contributed by atoms with Gasteiger partial charge in [-0.05, 0) is 36.5 Å². The SMILES string of the molecule is O=C1C(=O)N(C2CC(c3ccccc3)C2)CCN1Cc1ccc(Cl)nn1. The lowest BCUT2D eigenvalue weighted by Gasteiger charge is -2.45. The molecule has 2 aliphatic rings. The number of halogens is 1. The van der Waals surface area contributed by atoms with E-state index >= 15 is 0 Å². The van der Waals surface area contributed by atoms with Gasteiger partial charge >= 0.3 is 11.8 Å². The summed E-state index contributed by atoms with van der Waals surface area (Å²) in [5.41, 5.74) is 1.93. The van der Waals surface area contributed by atoms with Crippen LogP contribution in [0.4, 0.5) is 0 Å². The summed E-state index contributed by atoms with van der Waals surface area (Å²) in [6.45, 7) is 1.36. The third kappa shape index (κ3) is 3.29. The Hall–Kier alpha value is -2.47. The molecule has 1 saturated heterocycles. The molecule has 1 aromatic heterocycles. The summed E-state index contributed by atoms with van der Waals surface area (Å²) in [5.74, 6) is -0.391. The molecule has 0 unspecified atom stereocenters. The van der Waals surface area contributed by atoms with Crippen LogP contribution >= 0.6 is 11.6 Å². The number of amides is 2. The molecule has 6 nitrogen and oxygen atoms in total. The number of piperazine rings is 1. The number of nitrogens with zero attached hydrogens (tertiary/aromatic N) is 4. The second-order valence-corrected chi connectivity index (χ2v) is 7.19. The molecule has 0 radical (unpaired) electrons. The van der Waals surface area contributed by atoms with Crippen LogP contribution in [0.5, 0.6) is 0 Å². The minimum absolute atomic E-state index is 0.161. The van der Waals surface area contributed by atoms with Crippen molar-refractivity contribution in [2.45, 2.75) is 31.3 Å². The van der Waals surface area contributed by atoms with Crippen LogP contribution in [0.1, 0.15) is 30.0 Å². The van der Waals surface area contributed by atoms with Gasteiger partial charge in [-0.15, -0.1) is 5.10 Å². The van der Waals surface area contributed by atoms with Gasteiger partial charge in [-0.3, -0.25) is 9.59 Å². The van der Waals surface area contributed by atoms with Gasteiger partial charge in [0, 0.05) is 19.1 Å². The van der Waals surface area contributed by atoms with E-state index in [1.165, 1.54) is 10.5 Å². The molecule has 2 amide bonds. The van der Waals surface area contributed by atoms with Crippen LogP contribution in [0.3, 0.4) is 0 Å². The Morgan fingerprint density at radius 1 is 0.962 bits per heavy atom. The first-order chi connectivity index (χ1) is 12.6. The molecule has 0 spiro atoms. The van der Waals surface area contributed by atoms with Crippen LogP contribution in [0.15, 0.2) is 42.5 Å². The average Bonchev–Trinajstić information content (AvgIpc) is 2.62. The molecule has 7 heteroatoms. The standard InChI is InChI=1S/C19H19ClN4O2/c20-17-7-6-15(21-22-17)12-23-8-9-24(19(26)18(23)25)16-10-14(11-16)13-4-2-1-3-5-13/h1-7,14,16H,8-12H2. The Kier molecular flexibility index (Phi) is 4.59. The molecule has 0 bridgehead atoms. The maximum absolute atomic E-state index is 12.5. The third-order valence-electron chi connectivity index (χ3n) is 5.21. The molecule has 134 valence electrons. The van der Waals surface area contributed by atoms with E-state index in [1.807, 2.05) is 18.2 Å².